The van der Waals surface area contributed by atoms with Gasteiger partial charge in [-0.3, -0.25) is 14.4 Å². The van der Waals surface area contributed by atoms with Gasteiger partial charge in [0.1, 0.15) is 103 Å². The van der Waals surface area contributed by atoms with E-state index in [1.165, 1.54) is 69.2 Å². The van der Waals surface area contributed by atoms with Gasteiger partial charge < -0.3 is 47.4 Å². The van der Waals surface area contributed by atoms with Gasteiger partial charge >= 0.3 is 0 Å². The van der Waals surface area contributed by atoms with E-state index in [0.717, 1.165) is 145 Å². The molecule has 0 saturated heterocycles. The van der Waals surface area contributed by atoms with Crippen molar-refractivity contribution >= 4 is 127 Å². The monoisotopic (exact) mass is 1960 g/mol. The van der Waals surface area contributed by atoms with Crippen LogP contribution in [-0.2, 0) is 59.8 Å². The lowest BCUT2D eigenvalue weighted by Crippen LogP contribution is -2.08. The number of rotatable bonds is 33. The summed E-state index contributed by atoms with van der Waals surface area (Å²) in [4.78, 5) is 38.2. The first-order valence-electron chi connectivity index (χ1n) is 44.8. The molecule has 0 unspecified atom stereocenters. The van der Waals surface area contributed by atoms with Crippen molar-refractivity contribution in [1.29, 1.82) is 0 Å². The van der Waals surface area contributed by atoms with E-state index in [-0.39, 0.29) is 27.8 Å². The van der Waals surface area contributed by atoms with Gasteiger partial charge in [-0.2, -0.15) is 12.6 Å². The van der Waals surface area contributed by atoms with Gasteiger partial charge in [-0.1, -0.05) is 255 Å². The van der Waals surface area contributed by atoms with Crippen LogP contribution in [-0.4, -0.2) is 37.1 Å². The van der Waals surface area contributed by atoms with Crippen LogP contribution < -0.4 is 47.4 Å². The van der Waals surface area contributed by atoms with Crippen molar-refractivity contribution in [2.45, 2.75) is 237 Å². The Kier molecular flexibility index (Phi) is 47.9. The minimum absolute atomic E-state index is 0.0955. The van der Waals surface area contributed by atoms with Crippen LogP contribution in [0.1, 0.15) is 198 Å². The summed E-state index contributed by atoms with van der Waals surface area (Å²) in [5.41, 5.74) is 21.3. The summed E-state index contributed by atoms with van der Waals surface area (Å²) in [5, 5.41) is 2.65. The summed E-state index contributed by atoms with van der Waals surface area (Å²) in [7, 11) is 0. The normalized spacial score (nSPS) is 10.4. The van der Waals surface area contributed by atoms with Crippen LogP contribution in [0, 0.1) is 95.8 Å². The summed E-state index contributed by atoms with van der Waals surface area (Å²) in [6.07, 6.45) is 3.56. The maximum atomic E-state index is 14.1. The van der Waals surface area contributed by atoms with Crippen LogP contribution in [0.3, 0.4) is 0 Å². The zero-order valence-corrected chi connectivity index (χ0v) is 87.3. The SMILES string of the molecule is CCC(=O)Sc1cccc(C)c1COc1ccc(C)cc1C.CCC(=O)Sc1cccc(CS)c1COc1ccc(C)cc1C.CCC(=S)Oc1cccc(Cl)c1COc1ccc(C)cc1C.CCC(=S)Oc1cccc(F)c1COc1ccc(C)cc1C.CCC(=S)Oc1ccccc1COc1ccc(C)cc1C.CCOc1cccc(SC(=O)CC)c1COc1ccc(C)cc1C. The molecule has 13 nitrogen and oxygen atoms in total. The molecule has 0 bridgehead atoms. The lowest BCUT2D eigenvalue weighted by molar-refractivity contribution is -0.111. The first kappa shape index (κ1) is 111. The number of ether oxygens (including phenoxy) is 10. The molecule has 0 N–H and O–H groups in total. The molecule has 0 aliphatic rings. The number of hydrogen-bond donors (Lipinski definition) is 1. The largest absolute Gasteiger partial charge is 0.493 e. The Morgan fingerprint density at radius 1 is 0.291 bits per heavy atom. The van der Waals surface area contributed by atoms with Crippen LogP contribution in [0.4, 0.5) is 4.39 Å². The molecular weight excluding hydrogens is 1830 g/mol. The van der Waals surface area contributed by atoms with Crippen molar-refractivity contribution < 1.29 is 66.1 Å². The highest BCUT2D eigenvalue weighted by Gasteiger charge is 2.20. The van der Waals surface area contributed by atoms with Gasteiger partial charge in [-0.25, -0.2) is 4.39 Å². The number of benzene rings is 12. The molecule has 0 spiro atoms. The van der Waals surface area contributed by atoms with Gasteiger partial charge in [0.15, 0.2) is 30.5 Å². The standard InChI is InChI=1S/C20H24O3S.C19H22O2S2.C19H22O2S.C18H19ClO2S.C18H19FO2S.C18H20O2S/c1-5-20(21)24-19-9-7-8-18(22-6-2)16(19)13-23-17-11-10-14(3)12-15(17)4;1-4-19(20)23-18-7-5-6-15(12-22)16(18)11-21-17-9-8-13(2)10-14(17)3;1-5-19(20)22-18-8-6-7-14(3)16(18)12-21-17-10-9-13(2)11-15(17)4;2*1-4-18(22)21-17-7-5-6-15(19)14(17)11-20-16-9-8-12(2)10-13(16)3;1-4-18(21)20-17-8-6-5-7-15(17)12-19-16-10-9-13(2)11-14(16)3/h7-12H,5-6,13H2,1-4H3;5-10,22H,4,11-12H2,1-3H3;6-11H,5,12H2,1-4H3;2*5-10H,4,11H2,1-3H3;5-11H,4,12H2,1-3H3. The molecule has 0 fully saturated rings. The van der Waals surface area contributed by atoms with Gasteiger partial charge in [0.25, 0.3) is 0 Å². The van der Waals surface area contributed by atoms with E-state index in [1.807, 2.05) is 241 Å². The molecule has 0 saturated carbocycles. The third-order valence-corrected chi connectivity index (χ3v) is 25.7. The number of carbonyl (C=O) groups is 3. The van der Waals surface area contributed by atoms with Gasteiger partial charge in [-0.05, 0) is 269 Å². The van der Waals surface area contributed by atoms with Crippen molar-refractivity contribution in [3.05, 3.63) is 347 Å². The highest BCUT2D eigenvalue weighted by atomic mass is 35.5. The highest BCUT2D eigenvalue weighted by molar-refractivity contribution is 8.14. The first-order valence-corrected chi connectivity index (χ1v) is 49.5. The second-order valence-electron chi connectivity index (χ2n) is 31.6. The summed E-state index contributed by atoms with van der Waals surface area (Å²) >= 11 is 29.9. The highest BCUT2D eigenvalue weighted by Crippen LogP contribution is 2.38. The summed E-state index contributed by atoms with van der Waals surface area (Å²) in [6.45, 7) is 42.8. The number of aryl methyl sites for hydroxylation is 13. The first-order chi connectivity index (χ1) is 64.2. The van der Waals surface area contributed by atoms with Crippen molar-refractivity contribution in [2.24, 2.45) is 0 Å². The molecule has 0 radical (unpaired) electrons. The summed E-state index contributed by atoms with van der Waals surface area (Å²) in [6, 6.07) is 72.4. The Morgan fingerprint density at radius 3 is 0.978 bits per heavy atom. The number of para-hydroxylation sites is 1. The van der Waals surface area contributed by atoms with E-state index in [2.05, 4.69) is 117 Å². The minimum Gasteiger partial charge on any atom is -0.493 e. The number of halogens is 2. The lowest BCUT2D eigenvalue weighted by atomic mass is 10.1. The molecule has 0 aliphatic heterocycles. The van der Waals surface area contributed by atoms with Crippen LogP contribution in [0.15, 0.2) is 239 Å². The maximum Gasteiger partial charge on any atom is 0.193 e. The Morgan fingerprint density at radius 2 is 0.590 bits per heavy atom. The predicted molar refractivity (Wildman–Crippen MR) is 568 cm³/mol. The average Bonchev–Trinajstić information content (AvgIpc) is 0.826. The Balaban J connectivity index is 0.000000219. The third-order valence-electron chi connectivity index (χ3n) is 20.6. The fourth-order valence-electron chi connectivity index (χ4n) is 13.2. The smallest absolute Gasteiger partial charge is 0.193 e. The number of carbonyl (C=O) groups excluding carboxylic acids is 3. The Hall–Kier alpha value is -10.5. The summed E-state index contributed by atoms with van der Waals surface area (Å²) in [5.74, 6) is 7.98. The van der Waals surface area contributed by atoms with Crippen LogP contribution >= 0.6 is 96.2 Å². The molecule has 12 aromatic carbocycles. The second-order valence-corrected chi connectivity index (χ2v) is 37.0. The molecule has 0 aromatic heterocycles. The third kappa shape index (κ3) is 36.6. The molecule has 12 rings (SSSR count). The van der Waals surface area contributed by atoms with Crippen molar-refractivity contribution in [1.82, 2.24) is 0 Å². The van der Waals surface area contributed by atoms with Gasteiger partial charge in [-0.15, -0.1) is 0 Å². The molecule has 0 atom stereocenters. The van der Waals surface area contributed by atoms with Gasteiger partial charge in [0.2, 0.25) is 0 Å². The molecule has 134 heavy (non-hydrogen) atoms. The van der Waals surface area contributed by atoms with E-state index in [9.17, 15) is 18.8 Å². The number of thioether (sulfide) groups is 3. The Bertz CT molecular complexity index is 5650. The number of thiol groups is 1. The topological polar surface area (TPSA) is 144 Å². The van der Waals surface area contributed by atoms with Crippen LogP contribution in [0.2, 0.25) is 5.02 Å². The van der Waals surface area contributed by atoms with Gasteiger partial charge in [0.05, 0.1) is 22.8 Å². The second kappa shape index (κ2) is 58.1. The van der Waals surface area contributed by atoms with Crippen LogP contribution in [0.25, 0.3) is 0 Å². The van der Waals surface area contributed by atoms with Crippen LogP contribution in [0.5, 0.6) is 57.5 Å². The fourth-order valence-corrected chi connectivity index (χ4v) is 16.5. The van der Waals surface area contributed by atoms with E-state index in [0.29, 0.717) is 115 Å². The number of hydrogen-bond acceptors (Lipinski definition) is 20. The van der Waals surface area contributed by atoms with E-state index in [1.54, 1.807) is 12.1 Å². The molecular formula is C112H126ClFO13S7. The van der Waals surface area contributed by atoms with E-state index in [4.69, 9.17) is 95.6 Å². The van der Waals surface area contributed by atoms with Gasteiger partial charge in [0, 0.05) is 81.2 Å². The van der Waals surface area contributed by atoms with Crippen molar-refractivity contribution in [2.75, 3.05) is 6.61 Å². The molecule has 22 heteroatoms. The molecule has 12 aromatic rings. The molecule has 708 valence electrons. The minimum atomic E-state index is -0.360. The lowest BCUT2D eigenvalue weighted by Gasteiger charge is -2.16. The molecule has 0 heterocycles. The number of thiocarbonyl (C=S) groups is 3. The summed E-state index contributed by atoms with van der Waals surface area (Å²) < 4.78 is 72.3. The predicted octanol–water partition coefficient (Wildman–Crippen LogP) is 31.7. The van der Waals surface area contributed by atoms with E-state index < -0.39 is 0 Å². The van der Waals surface area contributed by atoms with Crippen molar-refractivity contribution in [3.8, 4) is 57.5 Å². The Labute approximate surface area is 833 Å². The fraction of sp³-hybridized carbons (Fsp3) is 0.304. The molecule has 0 amide bonds. The zero-order chi connectivity index (χ0) is 97.9. The molecule has 0 aliphatic carbocycles. The van der Waals surface area contributed by atoms with Crippen molar-refractivity contribution in [3.63, 3.8) is 0 Å². The quantitative estimate of drug-likeness (QED) is 0.0236. The maximum absolute atomic E-state index is 14.1. The van der Waals surface area contributed by atoms with E-state index >= 15 is 0 Å². The average molecular weight is 1960 g/mol. The zero-order valence-electron chi connectivity index (χ0n) is 80.7.